The van der Waals surface area contributed by atoms with E-state index in [1.807, 2.05) is 73.7 Å². The van der Waals surface area contributed by atoms with Crippen LogP contribution < -0.4 is 10.6 Å². The van der Waals surface area contributed by atoms with Crippen LogP contribution in [0.1, 0.15) is 15.9 Å². The molecule has 41 heavy (non-hydrogen) atoms. The summed E-state index contributed by atoms with van der Waals surface area (Å²) in [5, 5.41) is 7.57. The molecule has 1 amide bonds. The Balaban J connectivity index is 1.23. The van der Waals surface area contributed by atoms with Gasteiger partial charge >= 0.3 is 0 Å². The molecule has 0 aliphatic carbocycles. The van der Waals surface area contributed by atoms with Gasteiger partial charge < -0.3 is 20.5 Å². The summed E-state index contributed by atoms with van der Waals surface area (Å²) < 4.78 is 0. The lowest BCUT2D eigenvalue weighted by Gasteiger charge is -2.10. The van der Waals surface area contributed by atoms with Gasteiger partial charge in [0, 0.05) is 52.6 Å². The number of hydrogen-bond acceptors (Lipinski definition) is 6. The summed E-state index contributed by atoms with van der Waals surface area (Å²) in [7, 11) is 3.88. The second-order valence-electron chi connectivity index (χ2n) is 9.80. The number of likely N-dealkylation sites (N-methyl/N-ethyl adjacent to an activating group) is 1. The summed E-state index contributed by atoms with van der Waals surface area (Å²) in [5.41, 5.74) is 5.16. The molecule has 0 aliphatic heterocycles. The number of H-pyrrole nitrogens is 1. The summed E-state index contributed by atoms with van der Waals surface area (Å²) in [6.07, 6.45) is 7.11. The van der Waals surface area contributed by atoms with Gasteiger partial charge in [-0.25, -0.2) is 9.97 Å². The number of benzene rings is 3. The number of halogens is 1. The number of para-hydroxylation sites is 1. The summed E-state index contributed by atoms with van der Waals surface area (Å²) in [6, 6.07) is 22.3. The Labute approximate surface area is 243 Å². The predicted molar refractivity (Wildman–Crippen MR) is 165 cm³/mol. The van der Waals surface area contributed by atoms with E-state index in [4.69, 9.17) is 11.6 Å². The van der Waals surface area contributed by atoms with Crippen LogP contribution in [0.2, 0.25) is 5.02 Å². The van der Waals surface area contributed by atoms with Crippen LogP contribution in [0.15, 0.2) is 97.3 Å². The van der Waals surface area contributed by atoms with Gasteiger partial charge in [0.25, 0.3) is 5.91 Å². The zero-order chi connectivity index (χ0) is 28.8. The number of nitrogens with zero attached hydrogens (tertiary/aromatic N) is 3. The molecule has 206 valence electrons. The first kappa shape index (κ1) is 27.8. The van der Waals surface area contributed by atoms with Crippen LogP contribution in [0.5, 0.6) is 0 Å². The number of aromatic amines is 1. The smallest absolute Gasteiger partial charge is 0.255 e. The van der Waals surface area contributed by atoms with Crippen LogP contribution in [-0.4, -0.2) is 52.2 Å². The average molecular weight is 565 g/mol. The highest BCUT2D eigenvalue weighted by molar-refractivity contribution is 6.33. The molecule has 0 bridgehead atoms. The number of hydrogen-bond donors (Lipinski definition) is 3. The van der Waals surface area contributed by atoms with E-state index in [2.05, 4.69) is 25.6 Å². The van der Waals surface area contributed by atoms with Gasteiger partial charge in [0.2, 0.25) is 5.95 Å². The van der Waals surface area contributed by atoms with Crippen LogP contribution in [0, 0.1) is 0 Å². The van der Waals surface area contributed by atoms with Gasteiger partial charge in [-0.1, -0.05) is 48.0 Å². The monoisotopic (exact) mass is 564 g/mol. The maximum Gasteiger partial charge on any atom is 0.255 e. The second-order valence-corrected chi connectivity index (χ2v) is 10.2. The van der Waals surface area contributed by atoms with Crippen LogP contribution in [0.4, 0.5) is 17.3 Å². The Kier molecular flexibility index (Phi) is 8.53. The standard InChI is InChI=1S/C32H29ClN6O2/c1-39(2)16-6-9-25(40)18-21-7-5-8-22(17-21)31(41)36-23-12-14-24(15-13-23)37-32-35-20-28(33)30(38-32)27-19-34-29-11-4-3-10-26(27)29/h3-15,17,19-20,34H,16,18H2,1-2H3,(H,36,41)(H,35,37,38)/b9-6+. The van der Waals surface area contributed by atoms with Crippen molar-refractivity contribution in [2.45, 2.75) is 6.42 Å². The number of aromatic nitrogens is 3. The van der Waals surface area contributed by atoms with E-state index in [1.54, 1.807) is 42.6 Å². The molecule has 2 aromatic heterocycles. The lowest BCUT2D eigenvalue weighted by molar-refractivity contribution is -0.114. The quantitative estimate of drug-likeness (QED) is 0.167. The maximum absolute atomic E-state index is 12.9. The van der Waals surface area contributed by atoms with E-state index in [1.165, 1.54) is 0 Å². The topological polar surface area (TPSA) is 103 Å². The van der Waals surface area contributed by atoms with Crippen LogP contribution in [-0.2, 0) is 11.2 Å². The third kappa shape index (κ3) is 7.05. The van der Waals surface area contributed by atoms with Crippen molar-refractivity contribution in [2.24, 2.45) is 0 Å². The SMILES string of the molecule is CN(C)C/C=C/C(=O)Cc1cccc(C(=O)Nc2ccc(Nc3ncc(Cl)c(-c4c[nH]c5ccccc45)n3)cc2)c1. The molecule has 0 fully saturated rings. The van der Waals surface area contributed by atoms with Gasteiger partial charge in [0.15, 0.2) is 5.78 Å². The van der Waals surface area contributed by atoms with Crippen LogP contribution in [0.3, 0.4) is 0 Å². The van der Waals surface area contributed by atoms with Crippen LogP contribution >= 0.6 is 11.6 Å². The highest BCUT2D eigenvalue weighted by atomic mass is 35.5. The van der Waals surface area contributed by atoms with Crippen molar-refractivity contribution in [1.82, 2.24) is 19.9 Å². The number of ketones is 1. The molecule has 0 aliphatic rings. The fourth-order valence-electron chi connectivity index (χ4n) is 4.33. The van der Waals surface area contributed by atoms with Crippen molar-refractivity contribution >= 4 is 51.5 Å². The van der Waals surface area contributed by atoms with Gasteiger partial charge in [-0.05, 0) is 68.2 Å². The molecule has 0 radical (unpaired) electrons. The van der Waals surface area contributed by atoms with Crippen molar-refractivity contribution in [3.05, 3.63) is 113 Å². The summed E-state index contributed by atoms with van der Waals surface area (Å²) >= 11 is 6.45. The normalized spacial score (nSPS) is 11.3. The minimum Gasteiger partial charge on any atom is -0.360 e. The molecule has 3 aromatic carbocycles. The van der Waals surface area contributed by atoms with E-state index in [0.29, 0.717) is 34.5 Å². The zero-order valence-electron chi connectivity index (χ0n) is 22.7. The molecule has 8 nitrogen and oxygen atoms in total. The fourth-order valence-corrected chi connectivity index (χ4v) is 4.52. The van der Waals surface area contributed by atoms with Gasteiger partial charge in [-0.15, -0.1) is 0 Å². The molecular weight excluding hydrogens is 536 g/mol. The number of carbonyl (C=O) groups is 2. The molecular formula is C32H29ClN6O2. The summed E-state index contributed by atoms with van der Waals surface area (Å²) in [5.74, 6) is 0.132. The fraction of sp³-hybridized carbons (Fsp3) is 0.125. The Bertz CT molecular complexity index is 1730. The summed E-state index contributed by atoms with van der Waals surface area (Å²) in [4.78, 5) is 39.3. The molecule has 3 N–H and O–H groups in total. The number of rotatable bonds is 10. The highest BCUT2D eigenvalue weighted by Gasteiger charge is 2.13. The number of fused-ring (bicyclic) bond motifs is 1. The van der Waals surface area contributed by atoms with E-state index >= 15 is 0 Å². The predicted octanol–water partition coefficient (Wildman–Crippen LogP) is 6.50. The van der Waals surface area contributed by atoms with Crippen molar-refractivity contribution in [2.75, 3.05) is 31.3 Å². The Morgan fingerprint density at radius 3 is 2.59 bits per heavy atom. The number of anilines is 3. The molecule has 5 aromatic rings. The molecule has 9 heteroatoms. The van der Waals surface area contributed by atoms with E-state index in [0.717, 1.165) is 27.7 Å². The Hall–Kier alpha value is -4.79. The molecule has 0 saturated heterocycles. The molecule has 0 unspecified atom stereocenters. The molecule has 0 spiro atoms. The lowest BCUT2D eigenvalue weighted by Crippen LogP contribution is -2.13. The second kappa shape index (κ2) is 12.6. The van der Waals surface area contributed by atoms with E-state index in [-0.39, 0.29) is 18.1 Å². The molecule has 2 heterocycles. The Morgan fingerprint density at radius 1 is 1.00 bits per heavy atom. The van der Waals surface area contributed by atoms with Crippen molar-refractivity contribution in [3.8, 4) is 11.3 Å². The van der Waals surface area contributed by atoms with Crippen molar-refractivity contribution in [3.63, 3.8) is 0 Å². The van der Waals surface area contributed by atoms with E-state index in [9.17, 15) is 9.59 Å². The summed E-state index contributed by atoms with van der Waals surface area (Å²) in [6.45, 7) is 0.696. The first-order chi connectivity index (χ1) is 19.9. The molecule has 0 atom stereocenters. The first-order valence-corrected chi connectivity index (χ1v) is 13.4. The van der Waals surface area contributed by atoms with Crippen LogP contribution in [0.25, 0.3) is 22.2 Å². The third-order valence-corrected chi connectivity index (χ3v) is 6.61. The average Bonchev–Trinajstić information content (AvgIpc) is 3.39. The number of allylic oxidation sites excluding steroid dienone is 1. The number of nitrogens with one attached hydrogen (secondary N) is 3. The van der Waals surface area contributed by atoms with Gasteiger partial charge in [-0.2, -0.15) is 0 Å². The zero-order valence-corrected chi connectivity index (χ0v) is 23.4. The minimum absolute atomic E-state index is 0.00858. The number of amides is 1. The maximum atomic E-state index is 12.9. The van der Waals surface area contributed by atoms with Gasteiger partial charge in [0.1, 0.15) is 0 Å². The largest absolute Gasteiger partial charge is 0.360 e. The lowest BCUT2D eigenvalue weighted by atomic mass is 10.0. The van der Waals surface area contributed by atoms with Crippen molar-refractivity contribution < 1.29 is 9.59 Å². The Morgan fingerprint density at radius 2 is 1.78 bits per heavy atom. The minimum atomic E-state index is -0.257. The van der Waals surface area contributed by atoms with Gasteiger partial charge in [0.05, 0.1) is 16.9 Å². The first-order valence-electron chi connectivity index (χ1n) is 13.1. The highest BCUT2D eigenvalue weighted by Crippen LogP contribution is 2.32. The number of carbonyl (C=O) groups excluding carboxylic acids is 2. The van der Waals surface area contributed by atoms with E-state index < -0.39 is 0 Å². The van der Waals surface area contributed by atoms with Crippen molar-refractivity contribution in [1.29, 1.82) is 0 Å². The van der Waals surface area contributed by atoms with Gasteiger partial charge in [-0.3, -0.25) is 9.59 Å². The molecule has 0 saturated carbocycles. The molecule has 5 rings (SSSR count). The third-order valence-electron chi connectivity index (χ3n) is 6.33.